The molecule has 4 heteroatoms. The first-order valence-electron chi connectivity index (χ1n) is 6.42. The summed E-state index contributed by atoms with van der Waals surface area (Å²) in [4.78, 5) is 13.7. The molecule has 2 fully saturated rings. The molecule has 16 heavy (non-hydrogen) atoms. The first-order chi connectivity index (χ1) is 7.77. The van der Waals surface area contributed by atoms with Gasteiger partial charge in [-0.3, -0.25) is 4.79 Å². The van der Waals surface area contributed by atoms with Gasteiger partial charge >= 0.3 is 0 Å². The van der Waals surface area contributed by atoms with Crippen LogP contribution in [0.1, 0.15) is 38.5 Å². The van der Waals surface area contributed by atoms with Gasteiger partial charge in [-0.1, -0.05) is 12.8 Å². The molecule has 2 aliphatic rings. The minimum absolute atomic E-state index is 0.0975. The average molecular weight is 226 g/mol. The number of carbonyl (C=O) groups excluding carboxylic acids is 1. The first-order valence-corrected chi connectivity index (χ1v) is 6.42. The van der Waals surface area contributed by atoms with Crippen LogP contribution in [0.5, 0.6) is 0 Å². The highest BCUT2D eigenvalue weighted by Gasteiger charge is 2.24. The van der Waals surface area contributed by atoms with E-state index in [0.717, 1.165) is 38.8 Å². The van der Waals surface area contributed by atoms with Gasteiger partial charge in [0.1, 0.15) is 6.61 Å². The van der Waals surface area contributed by atoms with Crippen molar-refractivity contribution in [2.75, 3.05) is 19.7 Å². The molecule has 1 aliphatic heterocycles. The van der Waals surface area contributed by atoms with Gasteiger partial charge in [0.15, 0.2) is 0 Å². The van der Waals surface area contributed by atoms with Crippen molar-refractivity contribution in [1.82, 2.24) is 4.90 Å². The lowest BCUT2D eigenvalue weighted by atomic mass is 9.93. The summed E-state index contributed by atoms with van der Waals surface area (Å²) in [5.41, 5.74) is 5.97. The second kappa shape index (κ2) is 5.64. The van der Waals surface area contributed by atoms with E-state index in [-0.39, 0.29) is 24.7 Å². The maximum absolute atomic E-state index is 11.8. The Kier molecular flexibility index (Phi) is 4.18. The van der Waals surface area contributed by atoms with Crippen molar-refractivity contribution in [3.8, 4) is 0 Å². The minimum Gasteiger partial charge on any atom is -0.367 e. The van der Waals surface area contributed by atoms with Crippen molar-refractivity contribution in [2.24, 2.45) is 5.73 Å². The number of nitrogens with two attached hydrogens (primary N) is 1. The minimum atomic E-state index is 0.0975. The molecular formula is C12H22N2O2. The Labute approximate surface area is 97.1 Å². The topological polar surface area (TPSA) is 55.6 Å². The van der Waals surface area contributed by atoms with Crippen LogP contribution in [0.4, 0.5) is 0 Å². The van der Waals surface area contributed by atoms with E-state index < -0.39 is 0 Å². The summed E-state index contributed by atoms with van der Waals surface area (Å²) in [5, 5.41) is 0. The van der Waals surface area contributed by atoms with E-state index in [1.165, 1.54) is 12.8 Å². The molecule has 1 saturated heterocycles. The van der Waals surface area contributed by atoms with Gasteiger partial charge in [-0.15, -0.1) is 0 Å². The molecule has 1 aliphatic carbocycles. The smallest absolute Gasteiger partial charge is 0.248 e. The van der Waals surface area contributed by atoms with E-state index in [2.05, 4.69) is 0 Å². The largest absolute Gasteiger partial charge is 0.367 e. The Bertz CT molecular complexity index is 239. The zero-order chi connectivity index (χ0) is 11.4. The summed E-state index contributed by atoms with van der Waals surface area (Å²) in [6.07, 6.45) is 6.78. The summed E-state index contributed by atoms with van der Waals surface area (Å²) in [6, 6.07) is 0.125. The molecular weight excluding hydrogens is 204 g/mol. The number of rotatable bonds is 3. The molecule has 2 N–H and O–H groups in total. The number of amides is 1. The lowest BCUT2D eigenvalue weighted by Crippen LogP contribution is -2.42. The summed E-state index contributed by atoms with van der Waals surface area (Å²) < 4.78 is 5.65. The predicted octanol–water partition coefficient (Wildman–Crippen LogP) is 0.895. The fourth-order valence-electron chi connectivity index (χ4n) is 2.57. The Balaban J connectivity index is 1.71. The lowest BCUT2D eigenvalue weighted by Gasteiger charge is -2.29. The van der Waals surface area contributed by atoms with Gasteiger partial charge in [0.25, 0.3) is 0 Å². The SMILES string of the molecule is NC1CCCCC1OCC(=O)N1CCCC1. The Morgan fingerprint density at radius 3 is 2.56 bits per heavy atom. The van der Waals surface area contributed by atoms with Crippen molar-refractivity contribution in [3.05, 3.63) is 0 Å². The van der Waals surface area contributed by atoms with Gasteiger partial charge in [0, 0.05) is 19.1 Å². The molecule has 1 amide bonds. The van der Waals surface area contributed by atoms with Crippen molar-refractivity contribution >= 4 is 5.91 Å². The molecule has 0 aromatic carbocycles. The van der Waals surface area contributed by atoms with Crippen LogP contribution in [0, 0.1) is 0 Å². The van der Waals surface area contributed by atoms with E-state index in [9.17, 15) is 4.79 Å². The fraction of sp³-hybridized carbons (Fsp3) is 0.917. The molecule has 1 heterocycles. The van der Waals surface area contributed by atoms with Crippen LogP contribution in [0.25, 0.3) is 0 Å². The Morgan fingerprint density at radius 1 is 1.19 bits per heavy atom. The van der Waals surface area contributed by atoms with Crippen LogP contribution >= 0.6 is 0 Å². The van der Waals surface area contributed by atoms with E-state index >= 15 is 0 Å². The van der Waals surface area contributed by atoms with Crippen LogP contribution in [-0.4, -0.2) is 42.6 Å². The summed E-state index contributed by atoms with van der Waals surface area (Å²) in [5.74, 6) is 0.135. The maximum atomic E-state index is 11.8. The standard InChI is InChI=1S/C12H22N2O2/c13-10-5-1-2-6-11(10)16-9-12(15)14-7-3-4-8-14/h10-11H,1-9,13H2. The number of likely N-dealkylation sites (tertiary alicyclic amines) is 1. The van der Waals surface area contributed by atoms with Gasteiger partial charge < -0.3 is 15.4 Å². The summed E-state index contributed by atoms with van der Waals surface area (Å²) >= 11 is 0. The maximum Gasteiger partial charge on any atom is 0.248 e. The van der Waals surface area contributed by atoms with Crippen LogP contribution in [0.3, 0.4) is 0 Å². The summed E-state index contributed by atoms with van der Waals surface area (Å²) in [6.45, 7) is 2.02. The predicted molar refractivity (Wildman–Crippen MR) is 62.0 cm³/mol. The van der Waals surface area contributed by atoms with Crippen molar-refractivity contribution < 1.29 is 9.53 Å². The zero-order valence-corrected chi connectivity index (χ0v) is 9.86. The van der Waals surface area contributed by atoms with Crippen LogP contribution in [0.2, 0.25) is 0 Å². The number of ether oxygens (including phenoxy) is 1. The Hall–Kier alpha value is -0.610. The normalized spacial score (nSPS) is 30.7. The molecule has 0 aromatic heterocycles. The molecule has 0 aromatic rings. The molecule has 2 unspecified atom stereocenters. The van der Waals surface area contributed by atoms with Crippen LogP contribution in [0.15, 0.2) is 0 Å². The first kappa shape index (κ1) is 11.9. The third-order valence-corrected chi connectivity index (χ3v) is 3.63. The quantitative estimate of drug-likeness (QED) is 0.777. The number of carbonyl (C=O) groups is 1. The number of hydrogen-bond acceptors (Lipinski definition) is 3. The van der Waals surface area contributed by atoms with E-state index in [1.54, 1.807) is 0 Å². The Morgan fingerprint density at radius 2 is 1.88 bits per heavy atom. The highest BCUT2D eigenvalue weighted by Crippen LogP contribution is 2.19. The van der Waals surface area contributed by atoms with E-state index in [1.807, 2.05) is 4.90 Å². The molecule has 0 spiro atoms. The van der Waals surface area contributed by atoms with Gasteiger partial charge in [-0.2, -0.15) is 0 Å². The fourth-order valence-corrected chi connectivity index (χ4v) is 2.57. The monoisotopic (exact) mass is 226 g/mol. The highest BCUT2D eigenvalue weighted by molar-refractivity contribution is 5.77. The van der Waals surface area contributed by atoms with Crippen LogP contribution in [-0.2, 0) is 9.53 Å². The second-order valence-electron chi connectivity index (χ2n) is 4.89. The lowest BCUT2D eigenvalue weighted by molar-refractivity contribution is -0.138. The average Bonchev–Trinajstić information content (AvgIpc) is 2.81. The molecule has 1 saturated carbocycles. The number of nitrogens with zero attached hydrogens (tertiary/aromatic N) is 1. The van der Waals surface area contributed by atoms with Gasteiger partial charge in [0.05, 0.1) is 6.10 Å². The van der Waals surface area contributed by atoms with Gasteiger partial charge in [-0.05, 0) is 25.7 Å². The molecule has 0 bridgehead atoms. The second-order valence-corrected chi connectivity index (χ2v) is 4.89. The molecule has 92 valence electrons. The van der Waals surface area contributed by atoms with Crippen LogP contribution < -0.4 is 5.73 Å². The highest BCUT2D eigenvalue weighted by atomic mass is 16.5. The molecule has 4 nitrogen and oxygen atoms in total. The molecule has 2 atom stereocenters. The van der Waals surface area contributed by atoms with Gasteiger partial charge in [0.2, 0.25) is 5.91 Å². The van der Waals surface area contributed by atoms with E-state index in [0.29, 0.717) is 0 Å². The third-order valence-electron chi connectivity index (χ3n) is 3.63. The van der Waals surface area contributed by atoms with E-state index in [4.69, 9.17) is 10.5 Å². The third kappa shape index (κ3) is 2.95. The molecule has 2 rings (SSSR count). The van der Waals surface area contributed by atoms with Crippen molar-refractivity contribution in [2.45, 2.75) is 50.7 Å². The van der Waals surface area contributed by atoms with Crippen molar-refractivity contribution in [3.63, 3.8) is 0 Å². The molecule has 0 radical (unpaired) electrons. The summed E-state index contributed by atoms with van der Waals surface area (Å²) in [7, 11) is 0. The number of hydrogen-bond donors (Lipinski definition) is 1. The zero-order valence-electron chi connectivity index (χ0n) is 9.86. The van der Waals surface area contributed by atoms with Gasteiger partial charge in [-0.25, -0.2) is 0 Å². The van der Waals surface area contributed by atoms with Crippen molar-refractivity contribution in [1.29, 1.82) is 0 Å².